The Labute approximate surface area is 130 Å². The second-order valence-electron chi connectivity index (χ2n) is 3.95. The SMILES string of the molecule is O=C(CSc1ccc(Cl)cc1)Nc1cc(Cl)ccc1O. The van der Waals surface area contributed by atoms with Gasteiger partial charge in [0.15, 0.2) is 0 Å². The molecule has 2 aromatic rings. The Kier molecular flexibility index (Phi) is 5.17. The minimum absolute atomic E-state index is 0.0146. The van der Waals surface area contributed by atoms with E-state index < -0.39 is 0 Å². The summed E-state index contributed by atoms with van der Waals surface area (Å²) < 4.78 is 0. The molecule has 2 rings (SSSR count). The molecule has 0 aliphatic carbocycles. The second-order valence-corrected chi connectivity index (χ2v) is 5.87. The predicted octanol–water partition coefficient (Wildman–Crippen LogP) is 4.43. The van der Waals surface area contributed by atoms with E-state index in [1.165, 1.54) is 23.9 Å². The standard InChI is InChI=1S/C14H11Cl2NO2S/c15-9-1-4-11(5-2-9)20-8-14(19)17-12-7-10(16)3-6-13(12)18/h1-7,18H,8H2,(H,17,19). The first-order valence-corrected chi connectivity index (χ1v) is 7.45. The number of carbonyl (C=O) groups is 1. The number of phenols is 1. The number of hydrogen-bond acceptors (Lipinski definition) is 3. The van der Waals surface area contributed by atoms with Crippen LogP contribution >= 0.6 is 35.0 Å². The third-order valence-electron chi connectivity index (χ3n) is 2.42. The highest BCUT2D eigenvalue weighted by atomic mass is 35.5. The van der Waals surface area contributed by atoms with Gasteiger partial charge in [0.2, 0.25) is 5.91 Å². The zero-order chi connectivity index (χ0) is 14.5. The molecule has 0 saturated carbocycles. The van der Waals surface area contributed by atoms with Gasteiger partial charge in [-0.15, -0.1) is 11.8 Å². The second kappa shape index (κ2) is 6.88. The van der Waals surface area contributed by atoms with E-state index in [-0.39, 0.29) is 17.4 Å². The van der Waals surface area contributed by atoms with Crippen LogP contribution in [0.25, 0.3) is 0 Å². The van der Waals surface area contributed by atoms with Crippen molar-refractivity contribution in [2.24, 2.45) is 0 Å². The number of thioether (sulfide) groups is 1. The molecule has 1 amide bonds. The summed E-state index contributed by atoms with van der Waals surface area (Å²) in [5.74, 6) is -0.00473. The Morgan fingerprint density at radius 2 is 1.75 bits per heavy atom. The maximum absolute atomic E-state index is 11.8. The van der Waals surface area contributed by atoms with Gasteiger partial charge < -0.3 is 10.4 Å². The van der Waals surface area contributed by atoms with Crippen molar-refractivity contribution < 1.29 is 9.90 Å². The number of carbonyl (C=O) groups excluding carboxylic acids is 1. The maximum atomic E-state index is 11.8. The van der Waals surface area contributed by atoms with Crippen molar-refractivity contribution in [2.75, 3.05) is 11.1 Å². The lowest BCUT2D eigenvalue weighted by atomic mass is 10.3. The van der Waals surface area contributed by atoms with Crippen LogP contribution in [-0.2, 0) is 4.79 Å². The van der Waals surface area contributed by atoms with Crippen molar-refractivity contribution in [2.45, 2.75) is 4.90 Å². The van der Waals surface area contributed by atoms with Crippen molar-refractivity contribution in [1.82, 2.24) is 0 Å². The van der Waals surface area contributed by atoms with Crippen LogP contribution in [0.4, 0.5) is 5.69 Å². The number of nitrogens with one attached hydrogen (secondary N) is 1. The molecule has 0 fully saturated rings. The molecule has 2 aromatic carbocycles. The zero-order valence-corrected chi connectivity index (χ0v) is 12.6. The van der Waals surface area contributed by atoms with Crippen molar-refractivity contribution in [3.8, 4) is 5.75 Å². The van der Waals surface area contributed by atoms with Gasteiger partial charge in [-0.3, -0.25) is 4.79 Å². The summed E-state index contributed by atoms with van der Waals surface area (Å²) in [6.07, 6.45) is 0. The van der Waals surface area contributed by atoms with E-state index in [4.69, 9.17) is 23.2 Å². The lowest BCUT2D eigenvalue weighted by Crippen LogP contribution is -2.14. The first-order valence-electron chi connectivity index (χ1n) is 5.71. The third-order valence-corrected chi connectivity index (χ3v) is 3.92. The van der Waals surface area contributed by atoms with E-state index in [0.29, 0.717) is 15.7 Å². The first-order chi connectivity index (χ1) is 9.54. The van der Waals surface area contributed by atoms with Crippen LogP contribution in [0.3, 0.4) is 0 Å². The highest BCUT2D eigenvalue weighted by molar-refractivity contribution is 8.00. The number of benzene rings is 2. The highest BCUT2D eigenvalue weighted by Gasteiger charge is 2.07. The largest absolute Gasteiger partial charge is 0.506 e. The minimum atomic E-state index is -0.220. The normalized spacial score (nSPS) is 10.3. The molecule has 0 aliphatic rings. The van der Waals surface area contributed by atoms with E-state index in [9.17, 15) is 9.90 Å². The summed E-state index contributed by atoms with van der Waals surface area (Å²) in [6.45, 7) is 0. The molecule has 6 heteroatoms. The van der Waals surface area contributed by atoms with Gasteiger partial charge in [-0.25, -0.2) is 0 Å². The van der Waals surface area contributed by atoms with Gasteiger partial charge in [-0.05, 0) is 42.5 Å². The average Bonchev–Trinajstić information content (AvgIpc) is 2.42. The number of aromatic hydroxyl groups is 1. The Morgan fingerprint density at radius 1 is 1.10 bits per heavy atom. The molecule has 0 heterocycles. The van der Waals surface area contributed by atoms with Crippen LogP contribution < -0.4 is 5.32 Å². The fourth-order valence-corrected chi connectivity index (χ4v) is 2.47. The fraction of sp³-hybridized carbons (Fsp3) is 0.0714. The number of anilines is 1. The minimum Gasteiger partial charge on any atom is -0.506 e. The molecule has 0 aromatic heterocycles. The molecule has 0 bridgehead atoms. The van der Waals surface area contributed by atoms with E-state index >= 15 is 0 Å². The van der Waals surface area contributed by atoms with Gasteiger partial charge in [0.05, 0.1) is 11.4 Å². The molecule has 0 atom stereocenters. The van der Waals surface area contributed by atoms with Gasteiger partial charge in [-0.1, -0.05) is 23.2 Å². The van der Waals surface area contributed by atoms with E-state index in [1.807, 2.05) is 12.1 Å². The molecule has 0 spiro atoms. The van der Waals surface area contributed by atoms with E-state index in [0.717, 1.165) is 4.90 Å². The molecular formula is C14H11Cl2NO2S. The Balaban J connectivity index is 1.92. The molecule has 0 aliphatic heterocycles. The number of hydrogen-bond donors (Lipinski definition) is 2. The highest BCUT2D eigenvalue weighted by Crippen LogP contribution is 2.27. The Hall–Kier alpha value is -1.36. The van der Waals surface area contributed by atoms with Crippen molar-refractivity contribution in [3.05, 3.63) is 52.5 Å². The molecule has 2 N–H and O–H groups in total. The number of amides is 1. The summed E-state index contributed by atoms with van der Waals surface area (Å²) in [5, 5.41) is 13.3. The van der Waals surface area contributed by atoms with Gasteiger partial charge in [0, 0.05) is 14.9 Å². The van der Waals surface area contributed by atoms with Crippen molar-refractivity contribution in [3.63, 3.8) is 0 Å². The van der Waals surface area contributed by atoms with Gasteiger partial charge in [0.1, 0.15) is 5.75 Å². The van der Waals surface area contributed by atoms with Crippen LogP contribution in [0.1, 0.15) is 0 Å². The predicted molar refractivity (Wildman–Crippen MR) is 83.9 cm³/mol. The third kappa shape index (κ3) is 4.34. The number of rotatable bonds is 4. The molecule has 104 valence electrons. The summed E-state index contributed by atoms with van der Waals surface area (Å²) in [6, 6.07) is 11.7. The fourth-order valence-electron chi connectivity index (χ4n) is 1.47. The number of phenolic OH excluding ortho intramolecular Hbond substituents is 1. The Morgan fingerprint density at radius 3 is 2.45 bits per heavy atom. The molecule has 0 unspecified atom stereocenters. The molecule has 3 nitrogen and oxygen atoms in total. The quantitative estimate of drug-likeness (QED) is 0.645. The topological polar surface area (TPSA) is 49.3 Å². The van der Waals surface area contributed by atoms with Crippen LogP contribution in [0.5, 0.6) is 5.75 Å². The van der Waals surface area contributed by atoms with Gasteiger partial charge in [-0.2, -0.15) is 0 Å². The monoisotopic (exact) mass is 327 g/mol. The molecular weight excluding hydrogens is 317 g/mol. The molecule has 20 heavy (non-hydrogen) atoms. The summed E-state index contributed by atoms with van der Waals surface area (Å²) in [5.41, 5.74) is 0.305. The van der Waals surface area contributed by atoms with Crippen LogP contribution in [0.15, 0.2) is 47.4 Å². The molecule has 0 radical (unpaired) electrons. The van der Waals surface area contributed by atoms with Gasteiger partial charge in [0.25, 0.3) is 0 Å². The van der Waals surface area contributed by atoms with Crippen molar-refractivity contribution in [1.29, 1.82) is 0 Å². The van der Waals surface area contributed by atoms with Gasteiger partial charge >= 0.3 is 0 Å². The van der Waals surface area contributed by atoms with E-state index in [2.05, 4.69) is 5.32 Å². The Bertz CT molecular complexity index is 617. The molecule has 0 saturated heterocycles. The summed E-state index contributed by atoms with van der Waals surface area (Å²) in [4.78, 5) is 12.7. The van der Waals surface area contributed by atoms with Crippen LogP contribution in [-0.4, -0.2) is 16.8 Å². The van der Waals surface area contributed by atoms with Crippen molar-refractivity contribution >= 4 is 46.6 Å². The zero-order valence-electron chi connectivity index (χ0n) is 10.3. The van der Waals surface area contributed by atoms with Crippen LogP contribution in [0, 0.1) is 0 Å². The summed E-state index contributed by atoms with van der Waals surface area (Å²) >= 11 is 13.0. The van der Waals surface area contributed by atoms with Crippen LogP contribution in [0.2, 0.25) is 10.0 Å². The maximum Gasteiger partial charge on any atom is 0.234 e. The smallest absolute Gasteiger partial charge is 0.234 e. The lowest BCUT2D eigenvalue weighted by molar-refractivity contribution is -0.113. The van der Waals surface area contributed by atoms with E-state index in [1.54, 1.807) is 18.2 Å². The summed E-state index contributed by atoms with van der Waals surface area (Å²) in [7, 11) is 0. The first kappa shape index (κ1) is 15.0. The average molecular weight is 328 g/mol. The number of halogens is 2. The lowest BCUT2D eigenvalue weighted by Gasteiger charge is -2.07.